The molecule has 0 heterocycles. The molecule has 0 aliphatic heterocycles. The van der Waals surface area contributed by atoms with Crippen LogP contribution < -0.4 is 5.48 Å². The molecule has 1 rings (SSSR count). The average Bonchev–Trinajstić information content (AvgIpc) is 2.50. The van der Waals surface area contributed by atoms with Crippen molar-refractivity contribution < 1.29 is 9.57 Å². The van der Waals surface area contributed by atoms with Crippen LogP contribution in [0.1, 0.15) is 46.0 Å². The van der Waals surface area contributed by atoms with Crippen LogP contribution in [0, 0.1) is 11.8 Å². The molecule has 1 aliphatic rings. The Bertz CT molecular complexity index is 173. The van der Waals surface area contributed by atoms with E-state index < -0.39 is 0 Å². The molecule has 2 atom stereocenters. The second-order valence-electron chi connectivity index (χ2n) is 5.17. The van der Waals surface area contributed by atoms with Crippen molar-refractivity contribution >= 4 is 0 Å². The van der Waals surface area contributed by atoms with Crippen molar-refractivity contribution in [2.24, 2.45) is 11.8 Å². The molecule has 0 amide bonds. The first-order chi connectivity index (χ1) is 7.74. The van der Waals surface area contributed by atoms with Gasteiger partial charge in [0.15, 0.2) is 0 Å². The smallest absolute Gasteiger partial charge is 0.0915 e. The Hall–Kier alpha value is -0.120. The maximum absolute atomic E-state index is 5.39. The molecule has 0 bridgehead atoms. The molecule has 3 heteroatoms. The zero-order valence-corrected chi connectivity index (χ0v) is 11.0. The minimum absolute atomic E-state index is 0.542. The van der Waals surface area contributed by atoms with E-state index in [1.54, 1.807) is 7.11 Å². The van der Waals surface area contributed by atoms with Crippen LogP contribution >= 0.6 is 0 Å². The van der Waals surface area contributed by atoms with Gasteiger partial charge in [-0.2, -0.15) is 5.48 Å². The van der Waals surface area contributed by atoms with E-state index in [2.05, 4.69) is 19.3 Å². The monoisotopic (exact) mass is 229 g/mol. The quantitative estimate of drug-likeness (QED) is 0.431. The third kappa shape index (κ3) is 5.28. The van der Waals surface area contributed by atoms with Gasteiger partial charge in [0.05, 0.1) is 13.2 Å². The summed E-state index contributed by atoms with van der Waals surface area (Å²) in [6, 6.07) is 0.542. The molecular formula is C13H27NO2. The molecule has 2 unspecified atom stereocenters. The van der Waals surface area contributed by atoms with E-state index in [-0.39, 0.29) is 0 Å². The lowest BCUT2D eigenvalue weighted by molar-refractivity contribution is -0.0146. The first-order valence-corrected chi connectivity index (χ1v) is 6.60. The first kappa shape index (κ1) is 13.9. The molecule has 0 radical (unpaired) electrons. The molecule has 1 N–H and O–H groups in total. The number of hydroxylamine groups is 1. The Kier molecular flexibility index (Phi) is 7.01. The van der Waals surface area contributed by atoms with Crippen molar-refractivity contribution in [2.45, 2.75) is 52.0 Å². The van der Waals surface area contributed by atoms with Crippen LogP contribution in [0.15, 0.2) is 0 Å². The summed E-state index contributed by atoms with van der Waals surface area (Å²) in [6.45, 7) is 5.98. The second kappa shape index (κ2) is 8.04. The average molecular weight is 229 g/mol. The molecule has 0 saturated heterocycles. The van der Waals surface area contributed by atoms with Crippen LogP contribution in [0.25, 0.3) is 0 Å². The van der Waals surface area contributed by atoms with E-state index in [0.717, 1.165) is 11.8 Å². The van der Waals surface area contributed by atoms with Crippen LogP contribution in [0.4, 0.5) is 0 Å². The van der Waals surface area contributed by atoms with Gasteiger partial charge in [0.1, 0.15) is 0 Å². The van der Waals surface area contributed by atoms with Gasteiger partial charge in [-0.3, -0.25) is 4.84 Å². The lowest BCUT2D eigenvalue weighted by Crippen LogP contribution is -2.30. The number of hydrogen-bond acceptors (Lipinski definition) is 3. The van der Waals surface area contributed by atoms with E-state index in [9.17, 15) is 0 Å². The summed E-state index contributed by atoms with van der Waals surface area (Å²) in [7, 11) is 1.70. The molecule has 0 aromatic rings. The zero-order valence-electron chi connectivity index (χ0n) is 11.0. The molecule has 16 heavy (non-hydrogen) atoms. The molecule has 1 saturated carbocycles. The van der Waals surface area contributed by atoms with Crippen LogP contribution in [0.2, 0.25) is 0 Å². The summed E-state index contributed by atoms with van der Waals surface area (Å²) >= 11 is 0. The van der Waals surface area contributed by atoms with Crippen molar-refractivity contribution in [3.63, 3.8) is 0 Å². The summed E-state index contributed by atoms with van der Waals surface area (Å²) < 4.78 is 4.94. The van der Waals surface area contributed by atoms with Gasteiger partial charge < -0.3 is 4.74 Å². The van der Waals surface area contributed by atoms with Gasteiger partial charge in [-0.15, -0.1) is 0 Å². The van der Waals surface area contributed by atoms with Gasteiger partial charge in [0.2, 0.25) is 0 Å². The van der Waals surface area contributed by atoms with Gasteiger partial charge >= 0.3 is 0 Å². The molecule has 1 aliphatic carbocycles. The molecule has 3 nitrogen and oxygen atoms in total. The Labute approximate surface area is 99.8 Å². The summed E-state index contributed by atoms with van der Waals surface area (Å²) in [5.41, 5.74) is 3.18. The van der Waals surface area contributed by atoms with Gasteiger partial charge in [0.25, 0.3) is 0 Å². The van der Waals surface area contributed by atoms with Crippen molar-refractivity contribution in [2.75, 3.05) is 20.3 Å². The molecule has 1 fully saturated rings. The molecule has 0 aromatic carbocycles. The maximum Gasteiger partial charge on any atom is 0.0915 e. The van der Waals surface area contributed by atoms with Crippen LogP contribution in [-0.2, 0) is 9.57 Å². The zero-order chi connectivity index (χ0) is 11.8. The van der Waals surface area contributed by atoms with E-state index in [1.165, 1.54) is 32.1 Å². The number of nitrogens with one attached hydrogen (secondary N) is 1. The topological polar surface area (TPSA) is 30.5 Å². The van der Waals surface area contributed by atoms with Gasteiger partial charge in [0, 0.05) is 13.2 Å². The fraction of sp³-hybridized carbons (Fsp3) is 1.00. The molecule has 0 aromatic heterocycles. The second-order valence-corrected chi connectivity index (χ2v) is 5.17. The summed E-state index contributed by atoms with van der Waals surface area (Å²) in [4.78, 5) is 5.39. The van der Waals surface area contributed by atoms with Crippen molar-refractivity contribution in [3.8, 4) is 0 Å². The molecular weight excluding hydrogens is 202 g/mol. The number of rotatable bonds is 6. The minimum Gasteiger partial charge on any atom is -0.382 e. The minimum atomic E-state index is 0.542. The Morgan fingerprint density at radius 3 is 2.62 bits per heavy atom. The normalized spacial score (nSPS) is 27.0. The third-order valence-electron chi connectivity index (χ3n) is 3.60. The van der Waals surface area contributed by atoms with Crippen LogP contribution in [0.5, 0.6) is 0 Å². The van der Waals surface area contributed by atoms with Gasteiger partial charge in [-0.05, 0) is 31.1 Å². The predicted octanol–water partition coefficient (Wildman–Crippen LogP) is 2.76. The van der Waals surface area contributed by atoms with E-state index in [1.807, 2.05) is 0 Å². The highest BCUT2D eigenvalue weighted by Gasteiger charge is 2.20. The van der Waals surface area contributed by atoms with Gasteiger partial charge in [-0.1, -0.05) is 26.7 Å². The highest BCUT2D eigenvalue weighted by Crippen LogP contribution is 2.28. The van der Waals surface area contributed by atoms with Crippen LogP contribution in [0.3, 0.4) is 0 Å². The van der Waals surface area contributed by atoms with E-state index >= 15 is 0 Å². The van der Waals surface area contributed by atoms with Crippen molar-refractivity contribution in [1.82, 2.24) is 5.48 Å². The lowest BCUT2D eigenvalue weighted by Gasteiger charge is -2.18. The van der Waals surface area contributed by atoms with E-state index in [0.29, 0.717) is 19.3 Å². The summed E-state index contributed by atoms with van der Waals surface area (Å²) in [5, 5.41) is 0. The Morgan fingerprint density at radius 1 is 1.12 bits per heavy atom. The number of ether oxygens (including phenoxy) is 1. The Balaban J connectivity index is 2.15. The van der Waals surface area contributed by atoms with Gasteiger partial charge in [-0.25, -0.2) is 0 Å². The summed E-state index contributed by atoms with van der Waals surface area (Å²) in [5.74, 6) is 1.74. The highest BCUT2D eigenvalue weighted by atomic mass is 16.7. The maximum atomic E-state index is 5.39. The number of hydrogen-bond donors (Lipinski definition) is 1. The highest BCUT2D eigenvalue weighted by molar-refractivity contribution is 4.74. The molecule has 96 valence electrons. The van der Waals surface area contributed by atoms with Crippen LogP contribution in [-0.4, -0.2) is 26.4 Å². The van der Waals surface area contributed by atoms with E-state index in [4.69, 9.17) is 9.57 Å². The predicted molar refractivity (Wildman–Crippen MR) is 66.2 cm³/mol. The fourth-order valence-electron chi connectivity index (χ4n) is 2.42. The number of methoxy groups -OCH3 is 1. The summed E-state index contributed by atoms with van der Waals surface area (Å²) in [6.07, 6.45) is 6.54. The van der Waals surface area contributed by atoms with Crippen molar-refractivity contribution in [1.29, 1.82) is 0 Å². The standard InChI is InChI=1S/C13H27NO2/c1-11(2)12-5-4-6-13(8-7-12)14-16-10-9-15-3/h11-14H,4-10H2,1-3H3. The molecule has 0 spiro atoms. The fourth-order valence-corrected chi connectivity index (χ4v) is 2.42. The SMILES string of the molecule is COCCONC1CCCC(C(C)C)CC1. The Morgan fingerprint density at radius 2 is 1.94 bits per heavy atom. The largest absolute Gasteiger partial charge is 0.382 e. The lowest BCUT2D eigenvalue weighted by atomic mass is 9.89. The third-order valence-corrected chi connectivity index (χ3v) is 3.60. The first-order valence-electron chi connectivity index (χ1n) is 6.60. The van der Waals surface area contributed by atoms with Crippen molar-refractivity contribution in [3.05, 3.63) is 0 Å².